The average Bonchev–Trinajstić information content (AvgIpc) is 3.38. The van der Waals surface area contributed by atoms with Crippen LogP contribution in [0.4, 0.5) is 11.5 Å². The molecule has 2 aliphatic rings. The Kier molecular flexibility index (Phi) is 5.38. The average molecular weight is 404 g/mol. The van der Waals surface area contributed by atoms with Crippen LogP contribution >= 0.6 is 0 Å². The summed E-state index contributed by atoms with van der Waals surface area (Å²) in [5.74, 6) is 1.11. The van der Waals surface area contributed by atoms with Crippen LogP contribution in [0.25, 0.3) is 11.0 Å². The molecule has 158 valence electrons. The van der Waals surface area contributed by atoms with Crippen LogP contribution in [0, 0.1) is 6.92 Å². The van der Waals surface area contributed by atoms with E-state index in [4.69, 9.17) is 4.98 Å². The van der Waals surface area contributed by atoms with Crippen molar-refractivity contribution in [2.75, 3.05) is 49.1 Å². The number of aromatic nitrogens is 2. The number of aryl methyl sites for hydroxylation is 1. The fourth-order valence-electron chi connectivity index (χ4n) is 5.06. The second-order valence-electron chi connectivity index (χ2n) is 8.88. The van der Waals surface area contributed by atoms with Crippen LogP contribution < -0.4 is 9.80 Å². The molecule has 0 N–H and O–H groups in total. The SMILES string of the molecule is Cc1ccccc1N1CCN(c2ccc3ccn(CCN4CCCC4C)c3n2)CC1. The number of piperazine rings is 1. The Morgan fingerprint density at radius 1 is 0.900 bits per heavy atom. The van der Waals surface area contributed by atoms with Gasteiger partial charge in [0.05, 0.1) is 0 Å². The molecule has 30 heavy (non-hydrogen) atoms. The Morgan fingerprint density at radius 3 is 2.47 bits per heavy atom. The minimum atomic E-state index is 0.722. The fraction of sp³-hybridized carbons (Fsp3) is 0.480. The van der Waals surface area contributed by atoms with Crippen molar-refractivity contribution in [2.45, 2.75) is 39.3 Å². The number of nitrogens with zero attached hydrogens (tertiary/aromatic N) is 5. The van der Waals surface area contributed by atoms with E-state index in [1.165, 1.54) is 36.0 Å². The van der Waals surface area contributed by atoms with E-state index < -0.39 is 0 Å². The first-order chi connectivity index (χ1) is 14.7. The van der Waals surface area contributed by atoms with Crippen molar-refractivity contribution in [2.24, 2.45) is 0 Å². The summed E-state index contributed by atoms with van der Waals surface area (Å²) in [4.78, 5) is 12.6. The summed E-state index contributed by atoms with van der Waals surface area (Å²) in [5, 5.41) is 1.24. The van der Waals surface area contributed by atoms with Gasteiger partial charge in [-0.3, -0.25) is 4.90 Å². The quantitative estimate of drug-likeness (QED) is 0.639. The van der Waals surface area contributed by atoms with Crippen molar-refractivity contribution >= 4 is 22.5 Å². The zero-order chi connectivity index (χ0) is 20.5. The molecule has 5 rings (SSSR count). The van der Waals surface area contributed by atoms with Gasteiger partial charge in [-0.25, -0.2) is 4.98 Å². The topological polar surface area (TPSA) is 27.5 Å². The lowest BCUT2D eigenvalue weighted by Crippen LogP contribution is -2.47. The highest BCUT2D eigenvalue weighted by Gasteiger charge is 2.21. The van der Waals surface area contributed by atoms with Crippen LogP contribution in [0.15, 0.2) is 48.7 Å². The second-order valence-corrected chi connectivity index (χ2v) is 8.88. The van der Waals surface area contributed by atoms with Gasteiger partial charge in [-0.15, -0.1) is 0 Å². The summed E-state index contributed by atoms with van der Waals surface area (Å²) in [6.45, 7) is 12.0. The van der Waals surface area contributed by atoms with Gasteiger partial charge in [0.1, 0.15) is 11.5 Å². The van der Waals surface area contributed by atoms with Crippen molar-refractivity contribution in [3.8, 4) is 0 Å². The Balaban J connectivity index is 1.28. The van der Waals surface area contributed by atoms with E-state index in [1.54, 1.807) is 0 Å². The van der Waals surface area contributed by atoms with Gasteiger partial charge in [0, 0.05) is 62.6 Å². The lowest BCUT2D eigenvalue weighted by atomic mass is 10.1. The first kappa shape index (κ1) is 19.4. The number of rotatable bonds is 5. The van der Waals surface area contributed by atoms with Gasteiger partial charge in [-0.2, -0.15) is 0 Å². The van der Waals surface area contributed by atoms with Gasteiger partial charge in [-0.05, 0) is 63.1 Å². The van der Waals surface area contributed by atoms with Gasteiger partial charge >= 0.3 is 0 Å². The molecule has 0 amide bonds. The maximum absolute atomic E-state index is 5.09. The predicted molar refractivity (Wildman–Crippen MR) is 126 cm³/mol. The van der Waals surface area contributed by atoms with Crippen LogP contribution in [-0.4, -0.2) is 59.8 Å². The van der Waals surface area contributed by atoms with Crippen molar-refractivity contribution < 1.29 is 0 Å². The minimum Gasteiger partial charge on any atom is -0.368 e. The molecule has 2 saturated heterocycles. The first-order valence-electron chi connectivity index (χ1n) is 11.4. The molecular formula is C25H33N5. The van der Waals surface area contributed by atoms with Crippen molar-refractivity contribution in [1.29, 1.82) is 0 Å². The standard InChI is InChI=1S/C25H33N5/c1-20-6-3-4-8-23(20)28-15-17-29(18-16-28)24-10-9-22-11-13-30(25(22)26-24)19-14-27-12-5-7-21(27)2/h3-4,6,8-11,13,21H,5,7,12,14-19H2,1-2H3. The van der Waals surface area contributed by atoms with Crippen LogP contribution in [0.2, 0.25) is 0 Å². The molecule has 4 heterocycles. The van der Waals surface area contributed by atoms with E-state index in [2.05, 4.69) is 81.8 Å². The summed E-state index contributed by atoms with van der Waals surface area (Å²) < 4.78 is 2.34. The maximum Gasteiger partial charge on any atom is 0.142 e. The van der Waals surface area contributed by atoms with Gasteiger partial charge < -0.3 is 14.4 Å². The molecule has 5 nitrogen and oxygen atoms in total. The van der Waals surface area contributed by atoms with Crippen molar-refractivity contribution in [3.05, 3.63) is 54.2 Å². The number of likely N-dealkylation sites (tertiary alicyclic amines) is 1. The van der Waals surface area contributed by atoms with E-state index in [0.29, 0.717) is 0 Å². The molecule has 1 atom stereocenters. The number of pyridine rings is 1. The minimum absolute atomic E-state index is 0.722. The monoisotopic (exact) mass is 403 g/mol. The highest BCUT2D eigenvalue weighted by molar-refractivity contribution is 5.78. The number of hydrogen-bond donors (Lipinski definition) is 0. The lowest BCUT2D eigenvalue weighted by molar-refractivity contribution is 0.259. The summed E-state index contributed by atoms with van der Waals surface area (Å²) in [6.07, 6.45) is 4.88. The van der Waals surface area contributed by atoms with Crippen LogP contribution in [0.3, 0.4) is 0 Å². The molecule has 5 heteroatoms. The van der Waals surface area contributed by atoms with E-state index in [0.717, 1.165) is 56.8 Å². The Morgan fingerprint density at radius 2 is 1.70 bits per heavy atom. The van der Waals surface area contributed by atoms with Gasteiger partial charge in [0.15, 0.2) is 0 Å². The molecule has 3 aromatic rings. The number of benzene rings is 1. The lowest BCUT2D eigenvalue weighted by Gasteiger charge is -2.37. The summed E-state index contributed by atoms with van der Waals surface area (Å²) in [5.41, 5.74) is 3.85. The molecule has 0 aliphatic carbocycles. The largest absolute Gasteiger partial charge is 0.368 e. The highest BCUT2D eigenvalue weighted by Crippen LogP contribution is 2.24. The number of anilines is 2. The first-order valence-corrected chi connectivity index (χ1v) is 11.4. The molecule has 1 aromatic carbocycles. The summed E-state index contributed by atoms with van der Waals surface area (Å²) in [7, 11) is 0. The third-order valence-electron chi connectivity index (χ3n) is 6.98. The maximum atomic E-state index is 5.09. The Bertz CT molecular complexity index is 1000. The number of fused-ring (bicyclic) bond motifs is 1. The van der Waals surface area contributed by atoms with E-state index >= 15 is 0 Å². The van der Waals surface area contributed by atoms with Crippen LogP contribution in [0.5, 0.6) is 0 Å². The molecule has 2 fully saturated rings. The van der Waals surface area contributed by atoms with E-state index in [9.17, 15) is 0 Å². The van der Waals surface area contributed by atoms with Crippen molar-refractivity contribution in [1.82, 2.24) is 14.5 Å². The normalized spacial score (nSPS) is 20.4. The zero-order valence-corrected chi connectivity index (χ0v) is 18.3. The molecule has 2 aliphatic heterocycles. The molecule has 1 unspecified atom stereocenters. The van der Waals surface area contributed by atoms with Gasteiger partial charge in [0.25, 0.3) is 0 Å². The second kappa shape index (κ2) is 8.31. The smallest absolute Gasteiger partial charge is 0.142 e. The highest BCUT2D eigenvalue weighted by atomic mass is 15.3. The molecule has 0 radical (unpaired) electrons. The summed E-state index contributed by atoms with van der Waals surface area (Å²) in [6, 6.07) is 16.1. The molecule has 0 bridgehead atoms. The van der Waals surface area contributed by atoms with Crippen LogP contribution in [0.1, 0.15) is 25.3 Å². The molecule has 0 spiro atoms. The summed E-state index contributed by atoms with van der Waals surface area (Å²) >= 11 is 0. The van der Waals surface area contributed by atoms with Gasteiger partial charge in [-0.1, -0.05) is 18.2 Å². The van der Waals surface area contributed by atoms with Gasteiger partial charge in [0.2, 0.25) is 0 Å². The molecule has 0 saturated carbocycles. The number of hydrogen-bond acceptors (Lipinski definition) is 4. The third-order valence-corrected chi connectivity index (χ3v) is 6.98. The fourth-order valence-corrected chi connectivity index (χ4v) is 5.06. The van der Waals surface area contributed by atoms with Crippen molar-refractivity contribution in [3.63, 3.8) is 0 Å². The van der Waals surface area contributed by atoms with E-state index in [1.807, 2.05) is 0 Å². The molecule has 2 aromatic heterocycles. The zero-order valence-electron chi connectivity index (χ0n) is 18.3. The third kappa shape index (κ3) is 3.79. The van der Waals surface area contributed by atoms with E-state index in [-0.39, 0.29) is 0 Å². The molecular weight excluding hydrogens is 370 g/mol. The van der Waals surface area contributed by atoms with Crippen LogP contribution in [-0.2, 0) is 6.54 Å². The Hall–Kier alpha value is -2.53. The Labute approximate surface area is 179 Å². The number of para-hydroxylation sites is 1. The predicted octanol–water partition coefficient (Wildman–Crippen LogP) is 4.16.